The van der Waals surface area contributed by atoms with Gasteiger partial charge < -0.3 is 14.6 Å². The van der Waals surface area contributed by atoms with Crippen LogP contribution in [0.15, 0.2) is 0 Å². The van der Waals surface area contributed by atoms with Gasteiger partial charge >= 0.3 is 5.97 Å². The van der Waals surface area contributed by atoms with Gasteiger partial charge in [0.15, 0.2) is 0 Å². The first-order valence-electron chi connectivity index (χ1n) is 3.13. The van der Waals surface area contributed by atoms with Crippen molar-refractivity contribution >= 4 is 5.97 Å². The normalized spacial score (nSPS) is 29.8. The summed E-state index contributed by atoms with van der Waals surface area (Å²) in [5, 5.41) is 8.48. The predicted octanol–water partition coefficient (Wildman–Crippen LogP) is -0.691. The average Bonchev–Trinajstić information content (AvgIpc) is 2.61. The quantitative estimate of drug-likeness (QED) is 0.423. The van der Waals surface area contributed by atoms with Gasteiger partial charge in [-0.1, -0.05) is 0 Å². The molecule has 4 heteroatoms. The summed E-state index contributed by atoms with van der Waals surface area (Å²) in [4.78, 5) is 10.2. The lowest BCUT2D eigenvalue weighted by Crippen LogP contribution is -2.09. The van der Waals surface area contributed by atoms with Crippen molar-refractivity contribution < 1.29 is 19.4 Å². The van der Waals surface area contributed by atoms with Crippen LogP contribution in [-0.2, 0) is 14.3 Å². The summed E-state index contributed by atoms with van der Waals surface area (Å²) in [5.74, 6) is -0.313. The molecule has 0 saturated carbocycles. The Morgan fingerprint density at radius 1 is 1.70 bits per heavy atom. The molecular weight excluding hydrogens is 136 g/mol. The van der Waals surface area contributed by atoms with Gasteiger partial charge in [0, 0.05) is 6.92 Å². The van der Waals surface area contributed by atoms with Crippen LogP contribution in [0.1, 0.15) is 6.92 Å². The molecule has 0 radical (unpaired) electrons. The first-order valence-corrected chi connectivity index (χ1v) is 3.13. The second kappa shape index (κ2) is 2.98. The van der Waals surface area contributed by atoms with E-state index in [2.05, 4.69) is 4.74 Å². The molecule has 1 saturated heterocycles. The summed E-state index contributed by atoms with van der Waals surface area (Å²) < 4.78 is 9.51. The van der Waals surface area contributed by atoms with Gasteiger partial charge in [-0.3, -0.25) is 4.79 Å². The van der Waals surface area contributed by atoms with Crippen LogP contribution < -0.4 is 0 Å². The number of epoxide rings is 1. The minimum atomic E-state index is -0.313. The number of aliphatic hydroxyl groups excluding tert-OH is 1. The van der Waals surface area contributed by atoms with Crippen LogP contribution in [0.25, 0.3) is 0 Å². The predicted molar refractivity (Wildman–Crippen MR) is 32.4 cm³/mol. The van der Waals surface area contributed by atoms with E-state index in [0.717, 1.165) is 0 Å². The third-order valence-corrected chi connectivity index (χ3v) is 1.32. The summed E-state index contributed by atoms with van der Waals surface area (Å²) >= 11 is 0. The Morgan fingerprint density at radius 2 is 2.40 bits per heavy atom. The Morgan fingerprint density at radius 3 is 2.80 bits per heavy atom. The molecule has 0 spiro atoms. The van der Waals surface area contributed by atoms with Crippen LogP contribution in [0.2, 0.25) is 0 Å². The highest BCUT2D eigenvalue weighted by Gasteiger charge is 2.38. The van der Waals surface area contributed by atoms with Crippen LogP contribution in [0.3, 0.4) is 0 Å². The Labute approximate surface area is 58.7 Å². The van der Waals surface area contributed by atoms with Crippen molar-refractivity contribution in [3.63, 3.8) is 0 Å². The van der Waals surface area contributed by atoms with E-state index in [9.17, 15) is 4.79 Å². The van der Waals surface area contributed by atoms with Crippen LogP contribution in [-0.4, -0.2) is 36.5 Å². The maximum absolute atomic E-state index is 10.2. The van der Waals surface area contributed by atoms with Crippen molar-refractivity contribution in [2.45, 2.75) is 19.1 Å². The zero-order valence-corrected chi connectivity index (χ0v) is 5.74. The number of rotatable bonds is 3. The largest absolute Gasteiger partial charge is 0.463 e. The van der Waals surface area contributed by atoms with Crippen molar-refractivity contribution in [3.05, 3.63) is 0 Å². The fraction of sp³-hybridized carbons (Fsp3) is 0.833. The number of carbonyl (C=O) groups is 1. The van der Waals surface area contributed by atoms with Gasteiger partial charge in [-0.25, -0.2) is 0 Å². The average molecular weight is 146 g/mol. The highest BCUT2D eigenvalue weighted by Crippen LogP contribution is 2.20. The summed E-state index contributed by atoms with van der Waals surface area (Å²) in [6.45, 7) is 1.61. The molecule has 2 unspecified atom stereocenters. The molecule has 1 rings (SSSR count). The summed E-state index contributed by atoms with van der Waals surface area (Å²) in [7, 11) is 0. The van der Waals surface area contributed by atoms with Crippen LogP contribution >= 0.6 is 0 Å². The lowest BCUT2D eigenvalue weighted by molar-refractivity contribution is -0.141. The van der Waals surface area contributed by atoms with Gasteiger partial charge in [0.2, 0.25) is 0 Å². The number of ether oxygens (including phenoxy) is 2. The summed E-state index contributed by atoms with van der Waals surface area (Å²) in [6.07, 6.45) is -0.187. The number of hydrogen-bond donors (Lipinski definition) is 1. The Kier molecular flexibility index (Phi) is 2.24. The highest BCUT2D eigenvalue weighted by atomic mass is 16.6. The fourth-order valence-electron chi connectivity index (χ4n) is 0.686. The van der Waals surface area contributed by atoms with Crippen LogP contribution in [0.5, 0.6) is 0 Å². The molecule has 1 N–H and O–H groups in total. The number of aliphatic hydroxyl groups is 1. The van der Waals surface area contributed by atoms with Crippen LogP contribution in [0.4, 0.5) is 0 Å². The lowest BCUT2D eigenvalue weighted by Gasteiger charge is -1.95. The topological polar surface area (TPSA) is 59.1 Å². The van der Waals surface area contributed by atoms with Gasteiger partial charge in [0.25, 0.3) is 0 Å². The van der Waals surface area contributed by atoms with Gasteiger partial charge in [0.1, 0.15) is 18.8 Å². The first kappa shape index (κ1) is 7.50. The number of esters is 1. The van der Waals surface area contributed by atoms with Gasteiger partial charge in [-0.15, -0.1) is 0 Å². The molecule has 1 aliphatic rings. The maximum Gasteiger partial charge on any atom is 0.302 e. The highest BCUT2D eigenvalue weighted by molar-refractivity contribution is 5.65. The minimum absolute atomic E-state index is 0.00588. The molecule has 1 heterocycles. The molecule has 4 nitrogen and oxygen atoms in total. The molecule has 58 valence electrons. The van der Waals surface area contributed by atoms with Gasteiger partial charge in [0.05, 0.1) is 6.61 Å². The van der Waals surface area contributed by atoms with Crippen molar-refractivity contribution in [2.75, 3.05) is 13.2 Å². The Bertz CT molecular complexity index is 134. The Balaban J connectivity index is 2.01. The van der Waals surface area contributed by atoms with E-state index in [-0.39, 0.29) is 31.4 Å². The van der Waals surface area contributed by atoms with E-state index in [1.54, 1.807) is 0 Å². The van der Waals surface area contributed by atoms with E-state index in [4.69, 9.17) is 9.84 Å². The fourth-order valence-corrected chi connectivity index (χ4v) is 0.686. The first-order chi connectivity index (χ1) is 4.74. The Hall–Kier alpha value is -0.610. The standard InChI is InChI=1S/C6H10O4/c1-4(8)9-3-6-5(2-7)10-6/h5-7H,2-3H2,1H3. The van der Waals surface area contributed by atoms with Crippen molar-refractivity contribution in [2.24, 2.45) is 0 Å². The van der Waals surface area contributed by atoms with Gasteiger partial charge in [-0.05, 0) is 0 Å². The van der Waals surface area contributed by atoms with E-state index < -0.39 is 0 Å². The SMILES string of the molecule is CC(=O)OCC1OC1CO. The molecule has 0 bridgehead atoms. The third-order valence-electron chi connectivity index (χ3n) is 1.32. The van der Waals surface area contributed by atoms with Crippen molar-refractivity contribution in [1.82, 2.24) is 0 Å². The molecule has 1 fully saturated rings. The zero-order valence-electron chi connectivity index (χ0n) is 5.74. The van der Waals surface area contributed by atoms with E-state index in [0.29, 0.717) is 0 Å². The molecule has 1 aliphatic heterocycles. The lowest BCUT2D eigenvalue weighted by atomic mass is 10.3. The smallest absolute Gasteiger partial charge is 0.302 e. The second-order valence-electron chi connectivity index (χ2n) is 2.20. The number of carbonyl (C=O) groups excluding carboxylic acids is 1. The molecule has 2 atom stereocenters. The maximum atomic E-state index is 10.2. The van der Waals surface area contributed by atoms with E-state index in [1.807, 2.05) is 0 Å². The van der Waals surface area contributed by atoms with Crippen molar-refractivity contribution in [3.8, 4) is 0 Å². The van der Waals surface area contributed by atoms with E-state index in [1.165, 1.54) is 6.92 Å². The third kappa shape index (κ3) is 1.97. The molecular formula is C6H10O4. The summed E-state index contributed by atoms with van der Waals surface area (Å²) in [5.41, 5.74) is 0. The molecule has 0 aromatic rings. The molecule has 0 aromatic carbocycles. The number of hydrogen-bond acceptors (Lipinski definition) is 4. The zero-order chi connectivity index (χ0) is 7.56. The minimum Gasteiger partial charge on any atom is -0.463 e. The monoisotopic (exact) mass is 146 g/mol. The molecule has 0 amide bonds. The molecule has 0 aliphatic carbocycles. The second-order valence-corrected chi connectivity index (χ2v) is 2.20. The molecule has 10 heavy (non-hydrogen) atoms. The van der Waals surface area contributed by atoms with Crippen molar-refractivity contribution in [1.29, 1.82) is 0 Å². The van der Waals surface area contributed by atoms with E-state index >= 15 is 0 Å². The summed E-state index contributed by atoms with van der Waals surface area (Å²) in [6, 6.07) is 0. The van der Waals surface area contributed by atoms with Gasteiger partial charge in [-0.2, -0.15) is 0 Å². The molecule has 0 aromatic heterocycles. The van der Waals surface area contributed by atoms with Crippen LogP contribution in [0, 0.1) is 0 Å².